The lowest BCUT2D eigenvalue weighted by atomic mass is 10.2. The van der Waals surface area contributed by atoms with Crippen molar-refractivity contribution in [1.29, 1.82) is 0 Å². The SMILES string of the molecule is CCOc1cc(CNCCOCCO)c(Br)cc1OCc1ccc(F)cc1Cl. The monoisotopic (exact) mass is 475 g/mol. The Balaban J connectivity index is 2.02. The summed E-state index contributed by atoms with van der Waals surface area (Å²) in [7, 11) is 0. The number of hydrogen-bond acceptors (Lipinski definition) is 5. The molecule has 0 saturated carbocycles. The van der Waals surface area contributed by atoms with E-state index in [1.165, 1.54) is 12.1 Å². The third kappa shape index (κ3) is 7.22. The molecular weight excluding hydrogens is 453 g/mol. The van der Waals surface area contributed by atoms with Crippen molar-refractivity contribution in [1.82, 2.24) is 5.32 Å². The molecule has 0 spiro atoms. The molecule has 0 aliphatic heterocycles. The van der Waals surface area contributed by atoms with Crippen LogP contribution in [0.2, 0.25) is 5.02 Å². The molecule has 0 unspecified atom stereocenters. The van der Waals surface area contributed by atoms with E-state index in [1.54, 1.807) is 6.07 Å². The standard InChI is InChI=1S/C20H24BrClFNO4/c1-2-27-19-9-15(12-24-5-7-26-8-6-25)17(21)11-20(19)28-13-14-3-4-16(23)10-18(14)22/h3-4,9-11,24-25H,2,5-8,12-13H2,1H3. The fraction of sp³-hybridized carbons (Fsp3) is 0.400. The Morgan fingerprint density at radius 1 is 1.11 bits per heavy atom. The quantitative estimate of drug-likeness (QED) is 0.447. The molecule has 0 aliphatic carbocycles. The normalized spacial score (nSPS) is 10.9. The van der Waals surface area contributed by atoms with E-state index in [4.69, 9.17) is 30.9 Å². The van der Waals surface area contributed by atoms with Crippen LogP contribution >= 0.6 is 27.5 Å². The summed E-state index contributed by atoms with van der Waals surface area (Å²) in [6.45, 7) is 4.76. The smallest absolute Gasteiger partial charge is 0.162 e. The zero-order valence-corrected chi connectivity index (χ0v) is 18.0. The highest BCUT2D eigenvalue weighted by atomic mass is 79.9. The van der Waals surface area contributed by atoms with Crippen LogP contribution in [0.4, 0.5) is 4.39 Å². The van der Waals surface area contributed by atoms with Gasteiger partial charge in [-0.15, -0.1) is 0 Å². The molecule has 8 heteroatoms. The minimum atomic E-state index is -0.384. The highest BCUT2D eigenvalue weighted by molar-refractivity contribution is 9.10. The molecule has 0 fully saturated rings. The van der Waals surface area contributed by atoms with Crippen LogP contribution in [0, 0.1) is 5.82 Å². The van der Waals surface area contributed by atoms with Gasteiger partial charge in [0.05, 0.1) is 31.5 Å². The van der Waals surface area contributed by atoms with Gasteiger partial charge in [0.1, 0.15) is 12.4 Å². The predicted molar refractivity (Wildman–Crippen MR) is 111 cm³/mol. The Morgan fingerprint density at radius 2 is 1.89 bits per heavy atom. The Kier molecular flexibility index (Phi) is 10.0. The first kappa shape index (κ1) is 22.9. The molecule has 2 aromatic rings. The van der Waals surface area contributed by atoms with E-state index in [2.05, 4.69) is 21.2 Å². The summed E-state index contributed by atoms with van der Waals surface area (Å²) in [5.74, 6) is 0.812. The molecule has 2 rings (SSSR count). The maximum absolute atomic E-state index is 13.2. The summed E-state index contributed by atoms with van der Waals surface area (Å²) in [5, 5.41) is 12.3. The van der Waals surface area contributed by atoms with E-state index in [1.807, 2.05) is 19.1 Å². The van der Waals surface area contributed by atoms with Crippen LogP contribution in [0.3, 0.4) is 0 Å². The molecule has 5 nitrogen and oxygen atoms in total. The number of ether oxygens (including phenoxy) is 3. The zero-order chi connectivity index (χ0) is 20.4. The van der Waals surface area contributed by atoms with Crippen molar-refractivity contribution in [2.24, 2.45) is 0 Å². The number of aliphatic hydroxyl groups is 1. The molecule has 0 bridgehead atoms. The predicted octanol–water partition coefficient (Wildman–Crippen LogP) is 4.32. The summed E-state index contributed by atoms with van der Waals surface area (Å²) in [6, 6.07) is 7.98. The molecule has 0 aromatic heterocycles. The highest BCUT2D eigenvalue weighted by Crippen LogP contribution is 2.35. The average Bonchev–Trinajstić information content (AvgIpc) is 2.66. The summed E-state index contributed by atoms with van der Waals surface area (Å²) in [6.07, 6.45) is 0. The number of benzene rings is 2. The molecule has 0 heterocycles. The van der Waals surface area contributed by atoms with E-state index in [9.17, 15) is 4.39 Å². The molecule has 2 N–H and O–H groups in total. The molecular formula is C20H24BrClFNO4. The Morgan fingerprint density at radius 3 is 2.61 bits per heavy atom. The van der Waals surface area contributed by atoms with Gasteiger partial charge in [-0.25, -0.2) is 4.39 Å². The lowest BCUT2D eigenvalue weighted by Gasteiger charge is -2.16. The number of halogens is 3. The summed E-state index contributed by atoms with van der Waals surface area (Å²) < 4.78 is 30.9. The van der Waals surface area contributed by atoms with Crippen LogP contribution in [0.25, 0.3) is 0 Å². The molecule has 2 aromatic carbocycles. The first-order valence-electron chi connectivity index (χ1n) is 8.96. The second kappa shape index (κ2) is 12.2. The Labute approximate surface area is 177 Å². The first-order chi connectivity index (χ1) is 13.5. The molecule has 154 valence electrons. The van der Waals surface area contributed by atoms with E-state index in [0.717, 1.165) is 10.0 Å². The molecule has 0 saturated heterocycles. The van der Waals surface area contributed by atoms with Gasteiger partial charge in [0.25, 0.3) is 0 Å². The van der Waals surface area contributed by atoms with Crippen molar-refractivity contribution in [3.8, 4) is 11.5 Å². The van der Waals surface area contributed by atoms with Gasteiger partial charge in [0.2, 0.25) is 0 Å². The van der Waals surface area contributed by atoms with Gasteiger partial charge < -0.3 is 24.6 Å². The van der Waals surface area contributed by atoms with Crippen LogP contribution in [0.5, 0.6) is 11.5 Å². The molecule has 0 atom stereocenters. The highest BCUT2D eigenvalue weighted by Gasteiger charge is 2.12. The van der Waals surface area contributed by atoms with E-state index < -0.39 is 0 Å². The van der Waals surface area contributed by atoms with Crippen LogP contribution < -0.4 is 14.8 Å². The van der Waals surface area contributed by atoms with E-state index >= 15 is 0 Å². The van der Waals surface area contributed by atoms with E-state index in [-0.39, 0.29) is 19.0 Å². The van der Waals surface area contributed by atoms with Crippen LogP contribution in [-0.4, -0.2) is 38.1 Å². The average molecular weight is 477 g/mol. The molecule has 0 amide bonds. The van der Waals surface area contributed by atoms with Crippen LogP contribution in [0.15, 0.2) is 34.8 Å². The Hall–Kier alpha value is -1.38. The fourth-order valence-corrected chi connectivity index (χ4v) is 3.11. The van der Waals surface area contributed by atoms with Gasteiger partial charge in [-0.05, 0) is 36.8 Å². The zero-order valence-electron chi connectivity index (χ0n) is 15.6. The van der Waals surface area contributed by atoms with Crippen molar-refractivity contribution in [2.75, 3.05) is 33.0 Å². The van der Waals surface area contributed by atoms with Crippen molar-refractivity contribution in [2.45, 2.75) is 20.1 Å². The molecule has 0 aliphatic rings. The third-order valence-electron chi connectivity index (χ3n) is 3.79. The van der Waals surface area contributed by atoms with Gasteiger partial charge in [0.15, 0.2) is 11.5 Å². The minimum absolute atomic E-state index is 0.0217. The number of rotatable bonds is 12. The van der Waals surface area contributed by atoms with Gasteiger partial charge in [0, 0.05) is 23.1 Å². The van der Waals surface area contributed by atoms with Crippen LogP contribution in [0.1, 0.15) is 18.1 Å². The maximum atomic E-state index is 13.2. The first-order valence-corrected chi connectivity index (χ1v) is 10.1. The van der Waals surface area contributed by atoms with Crippen molar-refractivity contribution >= 4 is 27.5 Å². The van der Waals surface area contributed by atoms with Crippen molar-refractivity contribution in [3.63, 3.8) is 0 Å². The number of aliphatic hydroxyl groups excluding tert-OH is 1. The van der Waals surface area contributed by atoms with Crippen molar-refractivity contribution in [3.05, 3.63) is 56.8 Å². The maximum Gasteiger partial charge on any atom is 0.162 e. The van der Waals surface area contributed by atoms with Gasteiger partial charge in [-0.1, -0.05) is 33.6 Å². The second-order valence-corrected chi connectivity index (χ2v) is 7.12. The topological polar surface area (TPSA) is 60.0 Å². The third-order valence-corrected chi connectivity index (χ3v) is 4.88. The van der Waals surface area contributed by atoms with Crippen LogP contribution in [-0.2, 0) is 17.9 Å². The lowest BCUT2D eigenvalue weighted by Crippen LogP contribution is -2.20. The lowest BCUT2D eigenvalue weighted by molar-refractivity contribution is 0.0938. The number of nitrogens with one attached hydrogen (secondary N) is 1. The van der Waals surface area contributed by atoms with E-state index in [0.29, 0.717) is 55.0 Å². The number of hydrogen-bond donors (Lipinski definition) is 2. The minimum Gasteiger partial charge on any atom is -0.490 e. The summed E-state index contributed by atoms with van der Waals surface area (Å²) in [4.78, 5) is 0. The molecule has 0 radical (unpaired) electrons. The molecule has 28 heavy (non-hydrogen) atoms. The Bertz CT molecular complexity index is 763. The van der Waals surface area contributed by atoms with Gasteiger partial charge in [-0.3, -0.25) is 0 Å². The summed E-state index contributed by atoms with van der Waals surface area (Å²) in [5.41, 5.74) is 1.70. The second-order valence-electron chi connectivity index (χ2n) is 5.86. The van der Waals surface area contributed by atoms with Gasteiger partial charge >= 0.3 is 0 Å². The summed E-state index contributed by atoms with van der Waals surface area (Å²) >= 11 is 9.62. The largest absolute Gasteiger partial charge is 0.490 e. The van der Waals surface area contributed by atoms with Crippen molar-refractivity contribution < 1.29 is 23.7 Å². The van der Waals surface area contributed by atoms with Gasteiger partial charge in [-0.2, -0.15) is 0 Å². The fourth-order valence-electron chi connectivity index (χ4n) is 2.42.